The van der Waals surface area contributed by atoms with Gasteiger partial charge in [0.1, 0.15) is 5.75 Å². The number of rotatable bonds is 5. The van der Waals surface area contributed by atoms with Gasteiger partial charge in [-0.05, 0) is 36.8 Å². The maximum absolute atomic E-state index is 12.9. The van der Waals surface area contributed by atoms with Gasteiger partial charge in [-0.3, -0.25) is 4.79 Å². The van der Waals surface area contributed by atoms with E-state index in [0.717, 1.165) is 37.0 Å². The molecule has 110 valence electrons. The van der Waals surface area contributed by atoms with Gasteiger partial charge in [0.2, 0.25) is 0 Å². The molecular weight excluding hydrogens is 248 g/mol. The molecule has 0 spiro atoms. The van der Waals surface area contributed by atoms with Crippen LogP contribution in [-0.4, -0.2) is 12.4 Å². The molecule has 1 saturated carbocycles. The lowest BCUT2D eigenvalue weighted by atomic mass is 9.66. The molecule has 0 saturated heterocycles. The minimum atomic E-state index is 0.104. The van der Waals surface area contributed by atoms with E-state index < -0.39 is 0 Å². The van der Waals surface area contributed by atoms with Crippen LogP contribution < -0.4 is 4.74 Å². The second-order valence-corrected chi connectivity index (χ2v) is 6.50. The standard InChI is InChI=1S/C18H26O2/c1-4-13-20-16-11-6-5-9-14(16)17(19)15-10-7-8-12-18(15,2)3/h5-6,9,11,15H,4,7-8,10,12-13H2,1-3H3. The average Bonchev–Trinajstić information content (AvgIpc) is 2.44. The molecule has 0 bridgehead atoms. The molecule has 1 aromatic rings. The number of ketones is 1. The Hall–Kier alpha value is -1.31. The predicted molar refractivity (Wildman–Crippen MR) is 82.3 cm³/mol. The van der Waals surface area contributed by atoms with Crippen LogP contribution in [0.1, 0.15) is 63.2 Å². The average molecular weight is 274 g/mol. The van der Waals surface area contributed by atoms with Crippen LogP contribution in [0.3, 0.4) is 0 Å². The lowest BCUT2D eigenvalue weighted by Gasteiger charge is -2.37. The third kappa shape index (κ3) is 3.23. The molecule has 1 aliphatic carbocycles. The minimum Gasteiger partial charge on any atom is -0.493 e. The molecule has 2 nitrogen and oxygen atoms in total. The van der Waals surface area contributed by atoms with E-state index in [1.54, 1.807) is 0 Å². The molecule has 20 heavy (non-hydrogen) atoms. The normalized spacial score (nSPS) is 21.4. The minimum absolute atomic E-state index is 0.104. The molecule has 0 aliphatic heterocycles. The van der Waals surface area contributed by atoms with Crippen molar-refractivity contribution >= 4 is 5.78 Å². The van der Waals surface area contributed by atoms with Crippen molar-refractivity contribution in [3.63, 3.8) is 0 Å². The zero-order valence-electron chi connectivity index (χ0n) is 12.9. The third-order valence-corrected chi connectivity index (χ3v) is 4.44. The molecule has 0 amide bonds. The van der Waals surface area contributed by atoms with E-state index in [2.05, 4.69) is 20.8 Å². The first-order valence-electron chi connectivity index (χ1n) is 7.82. The number of benzene rings is 1. The summed E-state index contributed by atoms with van der Waals surface area (Å²) in [5, 5.41) is 0. The number of carbonyl (C=O) groups excluding carboxylic acids is 1. The molecule has 0 heterocycles. The Morgan fingerprint density at radius 2 is 2.05 bits per heavy atom. The Labute approximate surface area is 122 Å². The van der Waals surface area contributed by atoms with E-state index in [1.165, 1.54) is 6.42 Å². The molecule has 2 rings (SSSR count). The van der Waals surface area contributed by atoms with Gasteiger partial charge in [0.25, 0.3) is 0 Å². The zero-order chi connectivity index (χ0) is 14.6. The summed E-state index contributed by atoms with van der Waals surface area (Å²) in [6, 6.07) is 7.70. The highest BCUT2D eigenvalue weighted by Crippen LogP contribution is 2.43. The summed E-state index contributed by atoms with van der Waals surface area (Å²) in [5.74, 6) is 1.14. The fourth-order valence-corrected chi connectivity index (χ4v) is 3.18. The van der Waals surface area contributed by atoms with E-state index >= 15 is 0 Å². The Balaban J connectivity index is 2.24. The van der Waals surface area contributed by atoms with Gasteiger partial charge in [-0.15, -0.1) is 0 Å². The molecule has 0 radical (unpaired) electrons. The summed E-state index contributed by atoms with van der Waals surface area (Å²) in [7, 11) is 0. The molecule has 0 aromatic heterocycles. The number of hydrogen-bond acceptors (Lipinski definition) is 2. The lowest BCUT2D eigenvalue weighted by molar-refractivity contribution is 0.0693. The van der Waals surface area contributed by atoms with Gasteiger partial charge in [0.15, 0.2) is 5.78 Å². The molecular formula is C18H26O2. The van der Waals surface area contributed by atoms with E-state index in [0.29, 0.717) is 6.61 Å². The van der Waals surface area contributed by atoms with E-state index in [4.69, 9.17) is 4.74 Å². The molecule has 1 unspecified atom stereocenters. The summed E-state index contributed by atoms with van der Waals surface area (Å²) in [6.45, 7) is 7.20. The van der Waals surface area contributed by atoms with Gasteiger partial charge in [-0.1, -0.05) is 45.7 Å². The fraction of sp³-hybridized carbons (Fsp3) is 0.611. The zero-order valence-corrected chi connectivity index (χ0v) is 12.9. The fourth-order valence-electron chi connectivity index (χ4n) is 3.18. The molecule has 1 aromatic carbocycles. The highest BCUT2D eigenvalue weighted by Gasteiger charge is 2.38. The van der Waals surface area contributed by atoms with Gasteiger partial charge in [0, 0.05) is 5.92 Å². The Kier molecular flexibility index (Phi) is 4.85. The monoisotopic (exact) mass is 274 g/mol. The maximum Gasteiger partial charge on any atom is 0.170 e. The second kappa shape index (κ2) is 6.43. The smallest absolute Gasteiger partial charge is 0.170 e. The van der Waals surface area contributed by atoms with Crippen LogP contribution in [0.25, 0.3) is 0 Å². The Morgan fingerprint density at radius 3 is 2.75 bits per heavy atom. The largest absolute Gasteiger partial charge is 0.493 e. The van der Waals surface area contributed by atoms with Crippen molar-refractivity contribution in [3.8, 4) is 5.75 Å². The summed E-state index contributed by atoms with van der Waals surface area (Å²) in [6.07, 6.45) is 5.51. The second-order valence-electron chi connectivity index (χ2n) is 6.50. The van der Waals surface area contributed by atoms with Crippen molar-refractivity contribution in [2.24, 2.45) is 11.3 Å². The maximum atomic E-state index is 12.9. The highest BCUT2D eigenvalue weighted by atomic mass is 16.5. The Bertz CT molecular complexity index is 462. The van der Waals surface area contributed by atoms with Crippen molar-refractivity contribution < 1.29 is 9.53 Å². The quantitative estimate of drug-likeness (QED) is 0.716. The first-order valence-corrected chi connectivity index (χ1v) is 7.82. The van der Waals surface area contributed by atoms with Crippen LogP contribution in [0, 0.1) is 11.3 Å². The van der Waals surface area contributed by atoms with Crippen LogP contribution >= 0.6 is 0 Å². The predicted octanol–water partition coefficient (Wildman–Crippen LogP) is 4.87. The van der Waals surface area contributed by atoms with E-state index in [1.807, 2.05) is 24.3 Å². The summed E-state index contributed by atoms with van der Waals surface area (Å²) >= 11 is 0. The highest BCUT2D eigenvalue weighted by molar-refractivity contribution is 6.00. The molecule has 0 N–H and O–H groups in total. The lowest BCUT2D eigenvalue weighted by Crippen LogP contribution is -2.34. The Morgan fingerprint density at radius 1 is 1.30 bits per heavy atom. The molecule has 2 heteroatoms. The number of carbonyl (C=O) groups is 1. The van der Waals surface area contributed by atoms with Crippen LogP contribution in [0.2, 0.25) is 0 Å². The van der Waals surface area contributed by atoms with Crippen molar-refractivity contribution in [2.45, 2.75) is 52.9 Å². The van der Waals surface area contributed by atoms with Crippen molar-refractivity contribution in [2.75, 3.05) is 6.61 Å². The summed E-state index contributed by atoms with van der Waals surface area (Å²) in [5.41, 5.74) is 0.869. The summed E-state index contributed by atoms with van der Waals surface area (Å²) < 4.78 is 5.75. The molecule has 1 atom stereocenters. The van der Waals surface area contributed by atoms with Gasteiger partial charge in [0.05, 0.1) is 12.2 Å². The van der Waals surface area contributed by atoms with Gasteiger partial charge >= 0.3 is 0 Å². The van der Waals surface area contributed by atoms with Crippen molar-refractivity contribution in [3.05, 3.63) is 29.8 Å². The van der Waals surface area contributed by atoms with Gasteiger partial charge < -0.3 is 4.74 Å². The van der Waals surface area contributed by atoms with Gasteiger partial charge in [-0.2, -0.15) is 0 Å². The van der Waals surface area contributed by atoms with Crippen LogP contribution in [-0.2, 0) is 0 Å². The summed E-state index contributed by atoms with van der Waals surface area (Å²) in [4.78, 5) is 12.9. The molecule has 1 aliphatic rings. The topological polar surface area (TPSA) is 26.3 Å². The van der Waals surface area contributed by atoms with Crippen molar-refractivity contribution in [1.82, 2.24) is 0 Å². The number of para-hydroxylation sites is 1. The van der Waals surface area contributed by atoms with Crippen LogP contribution in [0.5, 0.6) is 5.75 Å². The van der Waals surface area contributed by atoms with Gasteiger partial charge in [-0.25, -0.2) is 0 Å². The van der Waals surface area contributed by atoms with Crippen molar-refractivity contribution in [1.29, 1.82) is 0 Å². The van der Waals surface area contributed by atoms with Crippen LogP contribution in [0.15, 0.2) is 24.3 Å². The number of Topliss-reactive ketones (excluding diaryl/α,β-unsaturated/α-hetero) is 1. The third-order valence-electron chi connectivity index (χ3n) is 4.44. The number of ether oxygens (including phenoxy) is 1. The SMILES string of the molecule is CCCOc1ccccc1C(=O)C1CCCCC1(C)C. The first-order chi connectivity index (χ1) is 9.56. The molecule has 1 fully saturated rings. The van der Waals surface area contributed by atoms with E-state index in [-0.39, 0.29) is 17.1 Å². The number of hydrogen-bond donors (Lipinski definition) is 0. The van der Waals surface area contributed by atoms with E-state index in [9.17, 15) is 4.79 Å². The first kappa shape index (κ1) is 15.1. The van der Waals surface area contributed by atoms with Crippen LogP contribution in [0.4, 0.5) is 0 Å².